The third-order valence-electron chi connectivity index (χ3n) is 3.03. The lowest BCUT2D eigenvalue weighted by atomic mass is 10.1. The van der Waals surface area contributed by atoms with Gasteiger partial charge in [-0.3, -0.25) is 0 Å². The van der Waals surface area contributed by atoms with E-state index < -0.39 is 0 Å². The van der Waals surface area contributed by atoms with Crippen LogP contribution in [-0.4, -0.2) is 33.5 Å². The minimum absolute atomic E-state index is 0.241. The second kappa shape index (κ2) is 5.38. The van der Waals surface area contributed by atoms with Crippen molar-refractivity contribution in [2.45, 2.75) is 19.0 Å². The minimum Gasteiger partial charge on any atom is -0.497 e. The van der Waals surface area contributed by atoms with Crippen molar-refractivity contribution in [3.05, 3.63) is 23.8 Å². The molecule has 4 nitrogen and oxygen atoms in total. The molecule has 1 saturated heterocycles. The van der Waals surface area contributed by atoms with E-state index in [1.54, 1.807) is 14.2 Å². The summed E-state index contributed by atoms with van der Waals surface area (Å²) in [7, 11) is 3.33. The number of rotatable bonds is 5. The van der Waals surface area contributed by atoms with E-state index in [1.165, 1.54) is 0 Å². The van der Waals surface area contributed by atoms with Gasteiger partial charge in [-0.2, -0.15) is 0 Å². The van der Waals surface area contributed by atoms with Crippen LogP contribution in [0.1, 0.15) is 18.5 Å². The smallest absolute Gasteiger partial charge is 0.127 e. The van der Waals surface area contributed by atoms with Gasteiger partial charge in [0.2, 0.25) is 0 Å². The first-order valence-electron chi connectivity index (χ1n) is 5.80. The fourth-order valence-electron chi connectivity index (χ4n) is 1.95. The maximum atomic E-state index is 5.39. The molecule has 1 fully saturated rings. The summed E-state index contributed by atoms with van der Waals surface area (Å²) in [5.41, 5.74) is 1.14. The van der Waals surface area contributed by atoms with E-state index in [2.05, 4.69) is 12.2 Å². The summed E-state index contributed by atoms with van der Waals surface area (Å²) in [6.07, 6.45) is 0. The molecule has 1 N–H and O–H groups in total. The van der Waals surface area contributed by atoms with E-state index >= 15 is 0 Å². The highest BCUT2D eigenvalue weighted by atomic mass is 16.5. The number of hydrogen-bond acceptors (Lipinski definition) is 4. The Kier molecular flexibility index (Phi) is 3.86. The van der Waals surface area contributed by atoms with Gasteiger partial charge in [-0.05, 0) is 13.0 Å². The zero-order chi connectivity index (χ0) is 12.3. The van der Waals surface area contributed by atoms with Crippen molar-refractivity contribution in [2.24, 2.45) is 0 Å². The van der Waals surface area contributed by atoms with Gasteiger partial charge in [-0.15, -0.1) is 0 Å². The Morgan fingerprint density at radius 2 is 2.06 bits per heavy atom. The Morgan fingerprint density at radius 1 is 1.29 bits per heavy atom. The fraction of sp³-hybridized carbons (Fsp3) is 0.538. The SMILES string of the molecule is COc1ccc(C(C)NC2COC2)c(OC)c1. The maximum Gasteiger partial charge on any atom is 0.127 e. The molecule has 17 heavy (non-hydrogen) atoms. The molecular weight excluding hydrogens is 218 g/mol. The molecule has 0 radical (unpaired) electrons. The van der Waals surface area contributed by atoms with E-state index in [0.717, 1.165) is 30.3 Å². The molecular formula is C13H19NO3. The quantitative estimate of drug-likeness (QED) is 0.847. The normalized spacial score (nSPS) is 17.4. The number of nitrogens with one attached hydrogen (secondary N) is 1. The molecule has 0 aromatic heterocycles. The van der Waals surface area contributed by atoms with Crippen LogP contribution in [0.25, 0.3) is 0 Å². The predicted molar refractivity (Wildman–Crippen MR) is 65.7 cm³/mol. The van der Waals surface area contributed by atoms with E-state index in [9.17, 15) is 0 Å². The van der Waals surface area contributed by atoms with E-state index in [-0.39, 0.29) is 6.04 Å². The first-order valence-corrected chi connectivity index (χ1v) is 5.80. The van der Waals surface area contributed by atoms with Gasteiger partial charge in [0.1, 0.15) is 11.5 Å². The van der Waals surface area contributed by atoms with Gasteiger partial charge in [0.05, 0.1) is 33.5 Å². The molecule has 0 aliphatic carbocycles. The van der Waals surface area contributed by atoms with Gasteiger partial charge < -0.3 is 19.5 Å². The number of methoxy groups -OCH3 is 2. The van der Waals surface area contributed by atoms with Gasteiger partial charge in [0, 0.05) is 17.7 Å². The summed E-state index contributed by atoms with van der Waals surface area (Å²) in [5, 5.41) is 3.50. The predicted octanol–water partition coefficient (Wildman–Crippen LogP) is 1.75. The molecule has 1 atom stereocenters. The topological polar surface area (TPSA) is 39.7 Å². The van der Waals surface area contributed by atoms with Crippen LogP contribution in [0.4, 0.5) is 0 Å². The maximum absolute atomic E-state index is 5.39. The van der Waals surface area contributed by atoms with Crippen LogP contribution < -0.4 is 14.8 Å². The average Bonchev–Trinajstić information content (AvgIpc) is 2.32. The fourth-order valence-corrected chi connectivity index (χ4v) is 1.95. The van der Waals surface area contributed by atoms with Gasteiger partial charge >= 0.3 is 0 Å². The summed E-state index contributed by atoms with van der Waals surface area (Å²) in [6.45, 7) is 3.72. The number of ether oxygens (including phenoxy) is 3. The van der Waals surface area contributed by atoms with Gasteiger partial charge in [-0.1, -0.05) is 6.07 Å². The van der Waals surface area contributed by atoms with Gasteiger partial charge in [0.25, 0.3) is 0 Å². The summed E-state index contributed by atoms with van der Waals surface area (Å²) in [4.78, 5) is 0. The van der Waals surface area contributed by atoms with Crippen molar-refractivity contribution in [1.82, 2.24) is 5.32 Å². The minimum atomic E-state index is 0.241. The lowest BCUT2D eigenvalue weighted by Gasteiger charge is -2.30. The van der Waals surface area contributed by atoms with Crippen LogP contribution in [0.2, 0.25) is 0 Å². The van der Waals surface area contributed by atoms with Crippen molar-refractivity contribution in [3.63, 3.8) is 0 Å². The van der Waals surface area contributed by atoms with Gasteiger partial charge in [0.15, 0.2) is 0 Å². The first kappa shape index (κ1) is 12.2. The molecule has 0 saturated carbocycles. The van der Waals surface area contributed by atoms with Crippen molar-refractivity contribution in [3.8, 4) is 11.5 Å². The summed E-state index contributed by atoms with van der Waals surface area (Å²) < 4.78 is 15.7. The molecule has 4 heteroatoms. The van der Waals surface area contributed by atoms with Crippen LogP contribution in [0.15, 0.2) is 18.2 Å². The lowest BCUT2D eigenvalue weighted by molar-refractivity contribution is -0.00934. The summed E-state index contributed by atoms with van der Waals surface area (Å²) in [6, 6.07) is 6.59. The molecule has 94 valence electrons. The molecule has 1 aliphatic rings. The third-order valence-corrected chi connectivity index (χ3v) is 3.03. The molecule has 1 aromatic carbocycles. The van der Waals surface area contributed by atoms with Gasteiger partial charge in [-0.25, -0.2) is 0 Å². The molecule has 0 spiro atoms. The van der Waals surface area contributed by atoms with Crippen molar-refractivity contribution >= 4 is 0 Å². The average molecular weight is 237 g/mol. The third kappa shape index (κ3) is 2.70. The largest absolute Gasteiger partial charge is 0.497 e. The van der Waals surface area contributed by atoms with Crippen LogP contribution in [0.3, 0.4) is 0 Å². The monoisotopic (exact) mass is 237 g/mol. The second-order valence-electron chi connectivity index (χ2n) is 4.23. The second-order valence-corrected chi connectivity index (χ2v) is 4.23. The highest BCUT2D eigenvalue weighted by molar-refractivity contribution is 5.42. The Morgan fingerprint density at radius 3 is 2.59 bits per heavy atom. The number of hydrogen-bond donors (Lipinski definition) is 1. The van der Waals surface area contributed by atoms with Crippen LogP contribution in [0.5, 0.6) is 11.5 Å². The van der Waals surface area contributed by atoms with E-state index in [1.807, 2.05) is 18.2 Å². The van der Waals surface area contributed by atoms with E-state index in [0.29, 0.717) is 6.04 Å². The Hall–Kier alpha value is -1.26. The standard InChI is InChI=1S/C13H19NO3/c1-9(14-10-7-17-8-10)12-5-4-11(15-2)6-13(12)16-3/h4-6,9-10,14H,7-8H2,1-3H3. The molecule has 2 rings (SSSR count). The van der Waals surface area contributed by atoms with Crippen molar-refractivity contribution < 1.29 is 14.2 Å². The van der Waals surface area contributed by atoms with Crippen LogP contribution in [-0.2, 0) is 4.74 Å². The highest BCUT2D eigenvalue weighted by Gasteiger charge is 2.22. The Bertz CT molecular complexity index is 377. The lowest BCUT2D eigenvalue weighted by Crippen LogP contribution is -2.46. The molecule has 1 heterocycles. The molecule has 0 bridgehead atoms. The number of benzene rings is 1. The zero-order valence-electron chi connectivity index (χ0n) is 10.5. The highest BCUT2D eigenvalue weighted by Crippen LogP contribution is 2.29. The zero-order valence-corrected chi connectivity index (χ0v) is 10.5. The Labute approximate surface area is 102 Å². The van der Waals surface area contributed by atoms with Crippen molar-refractivity contribution in [1.29, 1.82) is 0 Å². The molecule has 1 unspecified atom stereocenters. The summed E-state index contributed by atoms with van der Waals surface area (Å²) in [5.74, 6) is 1.66. The van der Waals surface area contributed by atoms with Crippen LogP contribution >= 0.6 is 0 Å². The first-order chi connectivity index (χ1) is 8.24. The molecule has 1 aromatic rings. The Balaban J connectivity index is 2.12. The van der Waals surface area contributed by atoms with Crippen molar-refractivity contribution in [2.75, 3.05) is 27.4 Å². The molecule has 1 aliphatic heterocycles. The summed E-state index contributed by atoms with van der Waals surface area (Å²) >= 11 is 0. The van der Waals surface area contributed by atoms with E-state index in [4.69, 9.17) is 14.2 Å². The van der Waals surface area contributed by atoms with Crippen LogP contribution in [0, 0.1) is 0 Å². The molecule has 0 amide bonds.